The summed E-state index contributed by atoms with van der Waals surface area (Å²) in [5.41, 5.74) is -0.0713. The van der Waals surface area contributed by atoms with Crippen molar-refractivity contribution in [3.05, 3.63) is 23.3 Å². The zero-order valence-electron chi connectivity index (χ0n) is 20.8. The minimum Gasteiger partial charge on any atom is -0.388 e. The Labute approximate surface area is 196 Å². The topological polar surface area (TPSA) is 93.1 Å². The molecule has 0 radical (unpaired) electrons. The summed E-state index contributed by atoms with van der Waals surface area (Å²) in [4.78, 5) is 25.5. The molecular weight excluding hydrogens is 420 g/mol. The van der Waals surface area contributed by atoms with E-state index in [0.717, 1.165) is 11.1 Å². The molecule has 4 unspecified atom stereocenters. The van der Waals surface area contributed by atoms with E-state index in [-0.39, 0.29) is 35.7 Å². The van der Waals surface area contributed by atoms with Gasteiger partial charge in [0.15, 0.2) is 11.6 Å². The quantitative estimate of drug-likeness (QED) is 0.578. The molecule has 10 atom stereocenters. The number of rotatable bonds is 0. The normalized spacial score (nSPS) is 53.2. The molecule has 0 amide bonds. The average molecular weight is 459 g/mol. The summed E-state index contributed by atoms with van der Waals surface area (Å²) in [5, 5.41) is 22.9. The van der Waals surface area contributed by atoms with Gasteiger partial charge < -0.3 is 19.7 Å². The highest BCUT2D eigenvalue weighted by Gasteiger charge is 2.70. The highest BCUT2D eigenvalue weighted by molar-refractivity contribution is 6.00. The van der Waals surface area contributed by atoms with Crippen LogP contribution in [0.5, 0.6) is 0 Å². The molecule has 2 N–H and O–H groups in total. The van der Waals surface area contributed by atoms with Crippen LogP contribution in [0.15, 0.2) is 23.3 Å². The smallest absolute Gasteiger partial charge is 0.198 e. The second-order valence-corrected chi connectivity index (χ2v) is 12.3. The van der Waals surface area contributed by atoms with Gasteiger partial charge in [-0.15, -0.1) is 0 Å². The molecule has 1 spiro atoms. The van der Waals surface area contributed by atoms with Gasteiger partial charge in [-0.25, -0.2) is 0 Å². The molecule has 2 saturated heterocycles. The van der Waals surface area contributed by atoms with E-state index in [0.29, 0.717) is 12.8 Å². The molecule has 0 aromatic heterocycles. The Bertz CT molecular complexity index is 979. The van der Waals surface area contributed by atoms with Crippen LogP contribution in [0.25, 0.3) is 0 Å². The summed E-state index contributed by atoms with van der Waals surface area (Å²) in [5.74, 6) is -1.92. The third-order valence-corrected chi connectivity index (χ3v) is 10.6. The SMILES string of the molecule is C[C@@H]1[C@H](C)[C@@]2(OC3C4=CC(=O)C5CC(=O)CCC5(C)C4=CC(O)[C@@]31C)OC(C)(C)[C@@H](C)[C@H]2O. The Balaban J connectivity index is 1.66. The molecule has 6 heteroatoms. The van der Waals surface area contributed by atoms with Gasteiger partial charge in [-0.2, -0.15) is 0 Å². The number of Topliss-reactive ketones (excluding diaryl/α,β-unsaturated/α-hetero) is 1. The van der Waals surface area contributed by atoms with Gasteiger partial charge in [-0.3, -0.25) is 9.59 Å². The number of carbonyl (C=O) groups excluding carboxylic acids is 2. The van der Waals surface area contributed by atoms with Crippen molar-refractivity contribution in [2.75, 3.05) is 0 Å². The highest BCUT2D eigenvalue weighted by Crippen LogP contribution is 2.64. The van der Waals surface area contributed by atoms with Crippen LogP contribution >= 0.6 is 0 Å². The van der Waals surface area contributed by atoms with E-state index in [2.05, 4.69) is 6.92 Å². The number of fused-ring (bicyclic) bond motifs is 5. The van der Waals surface area contributed by atoms with Crippen molar-refractivity contribution in [1.29, 1.82) is 0 Å². The zero-order chi connectivity index (χ0) is 24.3. The lowest BCUT2D eigenvalue weighted by atomic mass is 9.50. The largest absolute Gasteiger partial charge is 0.388 e. The van der Waals surface area contributed by atoms with Crippen molar-refractivity contribution in [2.45, 2.75) is 97.4 Å². The Hall–Kier alpha value is -1.34. The Morgan fingerprint density at radius 2 is 1.67 bits per heavy atom. The van der Waals surface area contributed by atoms with Crippen LogP contribution in [-0.2, 0) is 19.1 Å². The van der Waals surface area contributed by atoms with E-state index >= 15 is 0 Å². The number of carbonyl (C=O) groups is 2. The Morgan fingerprint density at radius 3 is 2.27 bits per heavy atom. The van der Waals surface area contributed by atoms with Gasteiger partial charge in [0.05, 0.1) is 17.8 Å². The lowest BCUT2D eigenvalue weighted by molar-refractivity contribution is -0.365. The van der Waals surface area contributed by atoms with Gasteiger partial charge in [0.2, 0.25) is 0 Å². The predicted molar refractivity (Wildman–Crippen MR) is 122 cm³/mol. The van der Waals surface area contributed by atoms with Crippen molar-refractivity contribution in [3.8, 4) is 0 Å². The summed E-state index contributed by atoms with van der Waals surface area (Å²) in [6.45, 7) is 14.1. The number of allylic oxidation sites excluding steroid dienone is 1. The third kappa shape index (κ3) is 2.75. The second kappa shape index (κ2) is 6.87. The van der Waals surface area contributed by atoms with Gasteiger partial charge in [0.25, 0.3) is 0 Å². The number of aliphatic hydroxyl groups is 2. The van der Waals surface area contributed by atoms with Crippen LogP contribution in [-0.4, -0.2) is 51.5 Å². The maximum Gasteiger partial charge on any atom is 0.198 e. The van der Waals surface area contributed by atoms with Crippen LogP contribution in [0.4, 0.5) is 0 Å². The first-order valence-electron chi connectivity index (χ1n) is 12.4. The first-order chi connectivity index (χ1) is 15.2. The molecule has 182 valence electrons. The summed E-state index contributed by atoms with van der Waals surface area (Å²) in [6, 6.07) is 0. The zero-order valence-corrected chi connectivity index (χ0v) is 20.8. The monoisotopic (exact) mass is 458 g/mol. The van der Waals surface area contributed by atoms with E-state index in [9.17, 15) is 19.8 Å². The first kappa shape index (κ1) is 23.4. The third-order valence-electron chi connectivity index (χ3n) is 10.6. The highest BCUT2D eigenvalue weighted by atomic mass is 16.7. The van der Waals surface area contributed by atoms with Crippen molar-refractivity contribution >= 4 is 11.6 Å². The Morgan fingerprint density at radius 1 is 1.00 bits per heavy atom. The summed E-state index contributed by atoms with van der Waals surface area (Å²) < 4.78 is 13.4. The molecular formula is C27H38O6. The van der Waals surface area contributed by atoms with E-state index in [4.69, 9.17) is 9.47 Å². The molecule has 0 aromatic carbocycles. The number of ketones is 2. The maximum absolute atomic E-state index is 13.3. The summed E-state index contributed by atoms with van der Waals surface area (Å²) in [6.07, 6.45) is 2.62. The first-order valence-corrected chi connectivity index (χ1v) is 12.4. The fraction of sp³-hybridized carbons (Fsp3) is 0.778. The number of hydrogen-bond donors (Lipinski definition) is 2. The molecule has 1 saturated carbocycles. The lowest BCUT2D eigenvalue weighted by Gasteiger charge is -2.61. The predicted octanol–water partition coefficient (Wildman–Crippen LogP) is 3.35. The fourth-order valence-electron chi connectivity index (χ4n) is 7.48. The molecule has 5 aliphatic rings. The van der Waals surface area contributed by atoms with Crippen molar-refractivity contribution < 1.29 is 29.3 Å². The Kier molecular flexibility index (Phi) is 4.87. The van der Waals surface area contributed by atoms with Gasteiger partial charge in [0.1, 0.15) is 11.9 Å². The van der Waals surface area contributed by atoms with Crippen molar-refractivity contribution in [1.82, 2.24) is 0 Å². The molecule has 0 bridgehead atoms. The van der Waals surface area contributed by atoms with Crippen LogP contribution in [0.1, 0.15) is 67.7 Å². The van der Waals surface area contributed by atoms with Crippen LogP contribution in [0, 0.1) is 34.5 Å². The average Bonchev–Trinajstić information content (AvgIpc) is 2.92. The van der Waals surface area contributed by atoms with E-state index < -0.39 is 46.4 Å². The molecule has 3 aliphatic carbocycles. The lowest BCUT2D eigenvalue weighted by Crippen LogP contribution is -2.68. The number of hydrogen-bond acceptors (Lipinski definition) is 6. The standard InChI is InChI=1S/C27H38O6/c1-13-14(2)27(22(31)15(3)24(4,5)33-27)32-23-17-11-20(29)19-10-16(28)8-9-25(19,6)18(17)12-21(30)26(13,23)7/h11-15,19,21-23,30-31H,8-10H2,1-7H3/t13-,14+,15+,19?,21?,22-,23?,25?,26+,27-/m1/s1. The molecule has 33 heavy (non-hydrogen) atoms. The molecule has 3 fully saturated rings. The molecule has 5 rings (SSSR count). The van der Waals surface area contributed by atoms with Gasteiger partial charge >= 0.3 is 0 Å². The van der Waals surface area contributed by atoms with Gasteiger partial charge in [-0.1, -0.05) is 40.7 Å². The number of ether oxygens (including phenoxy) is 2. The minimum absolute atomic E-state index is 0.0399. The van der Waals surface area contributed by atoms with E-state index in [1.54, 1.807) is 6.08 Å². The molecule has 6 nitrogen and oxygen atoms in total. The van der Waals surface area contributed by atoms with Gasteiger partial charge in [-0.05, 0) is 43.4 Å². The fourth-order valence-corrected chi connectivity index (χ4v) is 7.48. The van der Waals surface area contributed by atoms with Crippen LogP contribution in [0.3, 0.4) is 0 Å². The second-order valence-electron chi connectivity index (χ2n) is 12.3. The van der Waals surface area contributed by atoms with Crippen molar-refractivity contribution in [3.63, 3.8) is 0 Å². The van der Waals surface area contributed by atoms with Crippen LogP contribution < -0.4 is 0 Å². The van der Waals surface area contributed by atoms with E-state index in [1.165, 1.54) is 0 Å². The van der Waals surface area contributed by atoms with Gasteiger partial charge in [0, 0.05) is 41.4 Å². The maximum atomic E-state index is 13.3. The summed E-state index contributed by atoms with van der Waals surface area (Å²) >= 11 is 0. The van der Waals surface area contributed by atoms with E-state index in [1.807, 2.05) is 47.6 Å². The molecule has 2 heterocycles. The molecule has 0 aromatic rings. The number of aliphatic hydroxyl groups excluding tert-OH is 2. The van der Waals surface area contributed by atoms with Crippen molar-refractivity contribution in [2.24, 2.45) is 34.5 Å². The summed E-state index contributed by atoms with van der Waals surface area (Å²) in [7, 11) is 0. The van der Waals surface area contributed by atoms with Crippen LogP contribution in [0.2, 0.25) is 0 Å². The minimum atomic E-state index is -1.22. The molecule has 2 aliphatic heterocycles.